The third kappa shape index (κ3) is 8.12. The number of amides is 1. The smallest absolute Gasteiger partial charge is 0.408 e. The van der Waals surface area contributed by atoms with Crippen molar-refractivity contribution in [2.75, 3.05) is 7.11 Å². The molecule has 0 saturated heterocycles. The molecule has 150 valence electrons. The predicted octanol–water partition coefficient (Wildman–Crippen LogP) is 4.33. The van der Waals surface area contributed by atoms with Gasteiger partial charge in [0.05, 0.1) is 12.3 Å². The summed E-state index contributed by atoms with van der Waals surface area (Å²) in [5, 5.41) is 6.57. The van der Waals surface area contributed by atoms with Crippen LogP contribution < -0.4 is 10.1 Å². The van der Waals surface area contributed by atoms with Gasteiger partial charge in [-0.15, -0.1) is 0 Å². The fourth-order valence-corrected chi connectivity index (χ4v) is 2.45. The lowest BCUT2D eigenvalue weighted by molar-refractivity contribution is 0.0518. The van der Waals surface area contributed by atoms with E-state index in [2.05, 4.69) is 10.5 Å². The van der Waals surface area contributed by atoms with E-state index in [-0.39, 0.29) is 6.04 Å². The van der Waals surface area contributed by atoms with Gasteiger partial charge in [-0.1, -0.05) is 47.6 Å². The van der Waals surface area contributed by atoms with E-state index >= 15 is 0 Å². The van der Waals surface area contributed by atoms with Crippen LogP contribution in [0.5, 0.6) is 5.75 Å². The average molecular weight is 384 g/mol. The highest BCUT2D eigenvalue weighted by atomic mass is 16.6. The lowest BCUT2D eigenvalue weighted by Gasteiger charge is -2.22. The number of hydrogen-bond donors (Lipinski definition) is 1. The number of carbonyl (C=O) groups is 1. The summed E-state index contributed by atoms with van der Waals surface area (Å²) in [6.45, 7) is 5.97. The predicted molar refractivity (Wildman–Crippen MR) is 110 cm³/mol. The second-order valence-electron chi connectivity index (χ2n) is 7.31. The fraction of sp³-hybridized carbons (Fsp3) is 0.364. The number of rotatable bonds is 8. The van der Waals surface area contributed by atoms with Crippen LogP contribution >= 0.6 is 0 Å². The first kappa shape index (κ1) is 21.3. The molecule has 0 radical (unpaired) electrons. The number of carbonyl (C=O) groups excluding carboxylic acids is 1. The van der Waals surface area contributed by atoms with Gasteiger partial charge < -0.3 is 19.6 Å². The van der Waals surface area contributed by atoms with Crippen molar-refractivity contribution in [1.82, 2.24) is 5.32 Å². The zero-order valence-corrected chi connectivity index (χ0v) is 16.8. The van der Waals surface area contributed by atoms with E-state index in [1.54, 1.807) is 6.21 Å². The maximum Gasteiger partial charge on any atom is 0.408 e. The van der Waals surface area contributed by atoms with Crippen molar-refractivity contribution >= 4 is 12.3 Å². The molecule has 0 fully saturated rings. The normalized spacial score (nSPS) is 12.4. The van der Waals surface area contributed by atoms with E-state index in [4.69, 9.17) is 14.3 Å². The van der Waals surface area contributed by atoms with Crippen LogP contribution in [0.15, 0.2) is 59.8 Å². The van der Waals surface area contributed by atoms with Gasteiger partial charge in [-0.05, 0) is 50.5 Å². The molecular weight excluding hydrogens is 356 g/mol. The lowest BCUT2D eigenvalue weighted by Crippen LogP contribution is -2.41. The number of nitrogens with zero attached hydrogens (tertiary/aromatic N) is 1. The van der Waals surface area contributed by atoms with Gasteiger partial charge in [0.2, 0.25) is 0 Å². The average Bonchev–Trinajstić information content (AvgIpc) is 2.65. The van der Waals surface area contributed by atoms with E-state index in [0.717, 1.165) is 16.9 Å². The Kier molecular flexibility index (Phi) is 7.87. The molecule has 0 aliphatic rings. The Balaban J connectivity index is 1.93. The summed E-state index contributed by atoms with van der Waals surface area (Å²) in [7, 11) is 1.46. The summed E-state index contributed by atoms with van der Waals surface area (Å²) in [5.74, 6) is 0.787. The Hall–Kier alpha value is -3.02. The van der Waals surface area contributed by atoms with Gasteiger partial charge in [0, 0.05) is 0 Å². The molecule has 2 aromatic rings. The Morgan fingerprint density at radius 2 is 1.75 bits per heavy atom. The molecule has 6 heteroatoms. The zero-order chi connectivity index (χ0) is 20.4. The molecular formula is C22H28N2O4. The highest BCUT2D eigenvalue weighted by Crippen LogP contribution is 2.15. The molecule has 1 atom stereocenters. The van der Waals surface area contributed by atoms with Gasteiger partial charge in [0.1, 0.15) is 25.1 Å². The van der Waals surface area contributed by atoms with Crippen molar-refractivity contribution in [2.24, 2.45) is 5.16 Å². The first-order chi connectivity index (χ1) is 13.4. The molecule has 0 saturated carbocycles. The van der Waals surface area contributed by atoms with Crippen LogP contribution in [0.1, 0.15) is 31.9 Å². The van der Waals surface area contributed by atoms with Gasteiger partial charge >= 0.3 is 6.09 Å². The van der Waals surface area contributed by atoms with Gasteiger partial charge in [-0.3, -0.25) is 0 Å². The summed E-state index contributed by atoms with van der Waals surface area (Å²) in [5.41, 5.74) is 1.57. The molecule has 1 N–H and O–H groups in total. The highest BCUT2D eigenvalue weighted by Gasteiger charge is 2.19. The zero-order valence-electron chi connectivity index (χ0n) is 16.8. The minimum atomic E-state index is -0.565. The summed E-state index contributed by atoms with van der Waals surface area (Å²) in [4.78, 5) is 16.8. The Morgan fingerprint density at radius 3 is 2.36 bits per heavy atom. The number of nitrogens with one attached hydrogen (secondary N) is 1. The fourth-order valence-electron chi connectivity index (χ4n) is 2.45. The highest BCUT2D eigenvalue weighted by molar-refractivity contribution is 5.75. The van der Waals surface area contributed by atoms with E-state index < -0.39 is 11.7 Å². The molecule has 2 rings (SSSR count). The summed E-state index contributed by atoms with van der Waals surface area (Å²) < 4.78 is 11.1. The monoisotopic (exact) mass is 384 g/mol. The molecule has 0 aliphatic carbocycles. The van der Waals surface area contributed by atoms with Crippen LogP contribution in [-0.4, -0.2) is 31.1 Å². The molecule has 6 nitrogen and oxygen atoms in total. The van der Waals surface area contributed by atoms with Gasteiger partial charge in [-0.25, -0.2) is 4.79 Å². The molecule has 0 aromatic heterocycles. The van der Waals surface area contributed by atoms with Crippen LogP contribution in [0.25, 0.3) is 0 Å². The largest absolute Gasteiger partial charge is 0.489 e. The Labute approximate surface area is 166 Å². The first-order valence-corrected chi connectivity index (χ1v) is 9.17. The Bertz CT molecular complexity index is 752. The van der Waals surface area contributed by atoms with Gasteiger partial charge in [0.15, 0.2) is 0 Å². The second kappa shape index (κ2) is 10.3. The topological polar surface area (TPSA) is 69.2 Å². The van der Waals surface area contributed by atoms with Crippen molar-refractivity contribution in [2.45, 2.75) is 45.4 Å². The van der Waals surface area contributed by atoms with Crippen molar-refractivity contribution in [3.8, 4) is 5.75 Å². The Morgan fingerprint density at radius 1 is 1.07 bits per heavy atom. The summed E-state index contributed by atoms with van der Waals surface area (Å²) >= 11 is 0. The van der Waals surface area contributed by atoms with Crippen LogP contribution in [0.4, 0.5) is 4.79 Å². The molecule has 1 amide bonds. The van der Waals surface area contributed by atoms with Crippen molar-refractivity contribution in [1.29, 1.82) is 0 Å². The third-order valence-corrected chi connectivity index (χ3v) is 3.68. The number of ether oxygens (including phenoxy) is 2. The minimum absolute atomic E-state index is 0.356. The molecule has 0 bridgehead atoms. The maximum absolute atomic E-state index is 12.0. The van der Waals surface area contributed by atoms with Crippen molar-refractivity contribution in [3.05, 3.63) is 65.7 Å². The van der Waals surface area contributed by atoms with E-state index in [0.29, 0.717) is 13.0 Å². The van der Waals surface area contributed by atoms with Crippen molar-refractivity contribution < 1.29 is 19.1 Å². The minimum Gasteiger partial charge on any atom is -0.489 e. The van der Waals surface area contributed by atoms with Crippen LogP contribution in [-0.2, 0) is 22.6 Å². The lowest BCUT2D eigenvalue weighted by atomic mass is 10.1. The van der Waals surface area contributed by atoms with Crippen LogP contribution in [0.3, 0.4) is 0 Å². The standard InChI is InChI=1S/C22H28N2O4/c1-22(2,3)28-21(25)24-19(15-23-26-4)14-17-10-12-20(13-11-17)27-16-18-8-6-5-7-9-18/h5-13,15,19H,14,16H2,1-4H3,(H,24,25)/t19-/m0/s1. The first-order valence-electron chi connectivity index (χ1n) is 9.17. The summed E-state index contributed by atoms with van der Waals surface area (Å²) in [6, 6.07) is 17.4. The second-order valence-corrected chi connectivity index (χ2v) is 7.31. The number of alkyl carbamates (subject to hydrolysis) is 1. The number of hydrogen-bond acceptors (Lipinski definition) is 5. The molecule has 28 heavy (non-hydrogen) atoms. The number of benzene rings is 2. The SMILES string of the molecule is CON=C[C@H](Cc1ccc(OCc2ccccc2)cc1)NC(=O)OC(C)(C)C. The molecule has 0 aliphatic heterocycles. The summed E-state index contributed by atoms with van der Waals surface area (Å²) in [6.07, 6.45) is 1.59. The molecule has 2 aromatic carbocycles. The van der Waals surface area contributed by atoms with Gasteiger partial charge in [0.25, 0.3) is 0 Å². The molecule has 0 unspecified atom stereocenters. The molecule has 0 spiro atoms. The molecule has 0 heterocycles. The quantitative estimate of drug-likeness (QED) is 0.543. The van der Waals surface area contributed by atoms with E-state index in [1.165, 1.54) is 7.11 Å². The van der Waals surface area contributed by atoms with Crippen LogP contribution in [0.2, 0.25) is 0 Å². The van der Waals surface area contributed by atoms with E-state index in [9.17, 15) is 4.79 Å². The maximum atomic E-state index is 12.0. The number of oxime groups is 1. The van der Waals surface area contributed by atoms with Crippen molar-refractivity contribution in [3.63, 3.8) is 0 Å². The van der Waals surface area contributed by atoms with Crippen LogP contribution in [0, 0.1) is 0 Å². The van der Waals surface area contributed by atoms with E-state index in [1.807, 2.05) is 75.4 Å². The third-order valence-electron chi connectivity index (χ3n) is 3.68. The van der Waals surface area contributed by atoms with Gasteiger partial charge in [-0.2, -0.15) is 0 Å².